The van der Waals surface area contributed by atoms with Gasteiger partial charge in [0.15, 0.2) is 5.82 Å². The third kappa shape index (κ3) is 3.17. The summed E-state index contributed by atoms with van der Waals surface area (Å²) < 4.78 is 1.65. The smallest absolute Gasteiger partial charge is 0.227 e. The van der Waals surface area contributed by atoms with Crippen LogP contribution in [0.1, 0.15) is 16.8 Å². The first-order chi connectivity index (χ1) is 11.6. The SMILES string of the molecule is Cc1nc(N(C)C)nc(NCc2cccnc2-n2cncn2)c1C. The Morgan fingerprint density at radius 1 is 1.21 bits per heavy atom. The molecule has 0 aliphatic heterocycles. The summed E-state index contributed by atoms with van der Waals surface area (Å²) in [6.45, 7) is 4.58. The van der Waals surface area contributed by atoms with Gasteiger partial charge >= 0.3 is 0 Å². The Kier molecular flexibility index (Phi) is 4.37. The molecule has 3 aromatic heterocycles. The van der Waals surface area contributed by atoms with E-state index in [1.807, 2.05) is 45.0 Å². The van der Waals surface area contributed by atoms with Crippen LogP contribution in [0.2, 0.25) is 0 Å². The van der Waals surface area contributed by atoms with Crippen LogP contribution in [-0.2, 0) is 6.54 Å². The number of anilines is 2. The van der Waals surface area contributed by atoms with Crippen molar-refractivity contribution in [1.82, 2.24) is 29.7 Å². The Labute approximate surface area is 140 Å². The monoisotopic (exact) mass is 324 g/mol. The van der Waals surface area contributed by atoms with Crippen molar-refractivity contribution < 1.29 is 0 Å². The van der Waals surface area contributed by atoms with E-state index in [2.05, 4.69) is 30.4 Å². The zero-order valence-electron chi connectivity index (χ0n) is 14.2. The van der Waals surface area contributed by atoms with Gasteiger partial charge in [0.2, 0.25) is 5.95 Å². The van der Waals surface area contributed by atoms with E-state index in [1.54, 1.807) is 17.2 Å². The van der Waals surface area contributed by atoms with E-state index < -0.39 is 0 Å². The Morgan fingerprint density at radius 3 is 2.75 bits per heavy atom. The first-order valence-electron chi connectivity index (χ1n) is 7.61. The van der Waals surface area contributed by atoms with Crippen LogP contribution in [-0.4, -0.2) is 43.8 Å². The number of hydrogen-bond donors (Lipinski definition) is 1. The molecular weight excluding hydrogens is 304 g/mol. The second-order valence-electron chi connectivity index (χ2n) is 5.66. The van der Waals surface area contributed by atoms with Gasteiger partial charge in [-0.25, -0.2) is 19.6 Å². The van der Waals surface area contributed by atoms with E-state index in [0.29, 0.717) is 12.5 Å². The molecule has 0 amide bonds. The number of pyridine rings is 1. The van der Waals surface area contributed by atoms with Crippen molar-refractivity contribution in [3.8, 4) is 5.82 Å². The molecule has 0 aromatic carbocycles. The molecule has 3 aromatic rings. The second-order valence-corrected chi connectivity index (χ2v) is 5.66. The van der Waals surface area contributed by atoms with Crippen LogP contribution in [0.4, 0.5) is 11.8 Å². The van der Waals surface area contributed by atoms with Crippen molar-refractivity contribution in [2.45, 2.75) is 20.4 Å². The van der Waals surface area contributed by atoms with Gasteiger partial charge in [0.1, 0.15) is 18.5 Å². The zero-order valence-corrected chi connectivity index (χ0v) is 14.2. The van der Waals surface area contributed by atoms with Crippen molar-refractivity contribution in [2.75, 3.05) is 24.3 Å². The van der Waals surface area contributed by atoms with E-state index in [9.17, 15) is 0 Å². The maximum atomic E-state index is 4.59. The molecule has 3 rings (SSSR count). The summed E-state index contributed by atoms with van der Waals surface area (Å²) >= 11 is 0. The van der Waals surface area contributed by atoms with Gasteiger partial charge in [-0.05, 0) is 19.9 Å². The van der Waals surface area contributed by atoms with Gasteiger partial charge in [0.05, 0.1) is 0 Å². The fourth-order valence-corrected chi connectivity index (χ4v) is 2.26. The molecule has 0 fully saturated rings. The van der Waals surface area contributed by atoms with E-state index in [4.69, 9.17) is 0 Å². The third-order valence-corrected chi connectivity index (χ3v) is 3.73. The average Bonchev–Trinajstić information content (AvgIpc) is 3.10. The lowest BCUT2D eigenvalue weighted by atomic mass is 10.2. The lowest BCUT2D eigenvalue weighted by Gasteiger charge is -2.16. The van der Waals surface area contributed by atoms with Gasteiger partial charge < -0.3 is 10.2 Å². The molecule has 0 spiro atoms. The molecule has 24 heavy (non-hydrogen) atoms. The van der Waals surface area contributed by atoms with Gasteiger partial charge in [0, 0.05) is 43.7 Å². The molecule has 8 nitrogen and oxygen atoms in total. The molecule has 0 aliphatic rings. The molecule has 0 saturated carbocycles. The van der Waals surface area contributed by atoms with E-state index >= 15 is 0 Å². The maximum Gasteiger partial charge on any atom is 0.227 e. The highest BCUT2D eigenvalue weighted by Gasteiger charge is 2.11. The normalized spacial score (nSPS) is 10.7. The Hall–Kier alpha value is -3.03. The third-order valence-electron chi connectivity index (χ3n) is 3.73. The lowest BCUT2D eigenvalue weighted by molar-refractivity contribution is 0.826. The molecular formula is C16H20N8. The predicted octanol–water partition coefficient (Wildman–Crippen LogP) is 1.75. The van der Waals surface area contributed by atoms with Crippen LogP contribution < -0.4 is 10.2 Å². The molecule has 0 radical (unpaired) electrons. The van der Waals surface area contributed by atoms with Crippen molar-refractivity contribution in [1.29, 1.82) is 0 Å². The first-order valence-corrected chi connectivity index (χ1v) is 7.61. The van der Waals surface area contributed by atoms with Crippen molar-refractivity contribution in [3.63, 3.8) is 0 Å². The van der Waals surface area contributed by atoms with Gasteiger partial charge in [-0.2, -0.15) is 10.1 Å². The van der Waals surface area contributed by atoms with Gasteiger partial charge in [-0.15, -0.1) is 0 Å². The van der Waals surface area contributed by atoms with Crippen molar-refractivity contribution in [2.24, 2.45) is 0 Å². The van der Waals surface area contributed by atoms with Crippen LogP contribution in [0.15, 0.2) is 31.0 Å². The zero-order chi connectivity index (χ0) is 17.1. The standard InChI is InChI=1S/C16H20N8/c1-11-12(2)21-16(23(3)4)22-14(11)19-8-13-6-5-7-18-15(13)24-10-17-9-20-24/h5-7,9-10H,8H2,1-4H3,(H,19,21,22). The van der Waals surface area contributed by atoms with Gasteiger partial charge in [0.25, 0.3) is 0 Å². The molecule has 3 heterocycles. The van der Waals surface area contributed by atoms with Gasteiger partial charge in [-0.3, -0.25) is 0 Å². The quantitative estimate of drug-likeness (QED) is 0.765. The second kappa shape index (κ2) is 6.61. The predicted molar refractivity (Wildman–Crippen MR) is 92.3 cm³/mol. The van der Waals surface area contributed by atoms with Crippen LogP contribution in [0.3, 0.4) is 0 Å². The van der Waals surface area contributed by atoms with Crippen LogP contribution in [0, 0.1) is 13.8 Å². The summed E-state index contributed by atoms with van der Waals surface area (Å²) in [5.41, 5.74) is 3.00. The topological polar surface area (TPSA) is 84.7 Å². The average molecular weight is 324 g/mol. The molecule has 0 bridgehead atoms. The Bertz CT molecular complexity index is 826. The van der Waals surface area contributed by atoms with E-state index in [-0.39, 0.29) is 0 Å². The molecule has 0 saturated heterocycles. The van der Waals surface area contributed by atoms with Gasteiger partial charge in [-0.1, -0.05) is 6.07 Å². The van der Waals surface area contributed by atoms with Crippen molar-refractivity contribution in [3.05, 3.63) is 47.8 Å². The summed E-state index contributed by atoms with van der Waals surface area (Å²) in [5.74, 6) is 2.25. The molecule has 8 heteroatoms. The lowest BCUT2D eigenvalue weighted by Crippen LogP contribution is -2.16. The molecule has 1 N–H and O–H groups in total. The number of rotatable bonds is 5. The minimum Gasteiger partial charge on any atom is -0.365 e. The highest BCUT2D eigenvalue weighted by Crippen LogP contribution is 2.20. The van der Waals surface area contributed by atoms with E-state index in [1.165, 1.54) is 6.33 Å². The summed E-state index contributed by atoms with van der Waals surface area (Å²) in [6, 6.07) is 3.91. The fourth-order valence-electron chi connectivity index (χ4n) is 2.26. The molecule has 0 unspecified atom stereocenters. The summed E-state index contributed by atoms with van der Waals surface area (Å²) in [5, 5.41) is 7.54. The number of nitrogens with zero attached hydrogens (tertiary/aromatic N) is 7. The molecule has 124 valence electrons. The van der Waals surface area contributed by atoms with Crippen molar-refractivity contribution >= 4 is 11.8 Å². The number of aryl methyl sites for hydroxylation is 1. The summed E-state index contributed by atoms with van der Waals surface area (Å²) in [4.78, 5) is 19.3. The minimum absolute atomic E-state index is 0.577. The summed E-state index contributed by atoms with van der Waals surface area (Å²) in [6.07, 6.45) is 4.87. The number of hydrogen-bond acceptors (Lipinski definition) is 7. The molecule has 0 aliphatic carbocycles. The highest BCUT2D eigenvalue weighted by molar-refractivity contribution is 5.51. The summed E-state index contributed by atoms with van der Waals surface area (Å²) in [7, 11) is 3.86. The van der Waals surface area contributed by atoms with Crippen LogP contribution >= 0.6 is 0 Å². The Morgan fingerprint density at radius 2 is 2.04 bits per heavy atom. The fraction of sp³-hybridized carbons (Fsp3) is 0.312. The first kappa shape index (κ1) is 15.9. The van der Waals surface area contributed by atoms with Crippen LogP contribution in [0.5, 0.6) is 0 Å². The Balaban J connectivity index is 1.87. The van der Waals surface area contributed by atoms with Crippen LogP contribution in [0.25, 0.3) is 5.82 Å². The largest absolute Gasteiger partial charge is 0.365 e. The minimum atomic E-state index is 0.577. The molecule has 0 atom stereocenters. The number of nitrogens with one attached hydrogen (secondary N) is 1. The highest BCUT2D eigenvalue weighted by atomic mass is 15.3. The number of aromatic nitrogens is 6. The van der Waals surface area contributed by atoms with E-state index in [0.717, 1.165) is 28.5 Å². The maximum absolute atomic E-state index is 4.59.